The number of ether oxygens (including phenoxy) is 1. The smallest absolute Gasteiger partial charge is 0.410 e. The highest BCUT2D eigenvalue weighted by atomic mass is 16.6. The molecule has 18 heavy (non-hydrogen) atoms. The van der Waals surface area contributed by atoms with Gasteiger partial charge in [-0.1, -0.05) is 13.8 Å². The third-order valence-electron chi connectivity index (χ3n) is 3.19. The highest BCUT2D eigenvalue weighted by Crippen LogP contribution is 2.30. The van der Waals surface area contributed by atoms with Gasteiger partial charge in [-0.25, -0.2) is 4.79 Å². The molecule has 2 atom stereocenters. The van der Waals surface area contributed by atoms with Crippen LogP contribution in [0.2, 0.25) is 0 Å². The van der Waals surface area contributed by atoms with E-state index in [-0.39, 0.29) is 18.4 Å². The lowest BCUT2D eigenvalue weighted by atomic mass is 9.86. The maximum absolute atomic E-state index is 11.9. The third kappa shape index (κ3) is 3.62. The van der Waals surface area contributed by atoms with E-state index in [1.165, 1.54) is 4.90 Å². The van der Waals surface area contributed by atoms with Crippen LogP contribution in [0.25, 0.3) is 0 Å². The maximum Gasteiger partial charge on any atom is 0.410 e. The van der Waals surface area contributed by atoms with Crippen LogP contribution in [0.4, 0.5) is 4.79 Å². The van der Waals surface area contributed by atoms with E-state index in [1.54, 1.807) is 20.8 Å². The molecule has 0 aliphatic carbocycles. The van der Waals surface area contributed by atoms with Gasteiger partial charge in [0, 0.05) is 13.1 Å². The van der Waals surface area contributed by atoms with Crippen molar-refractivity contribution in [2.24, 2.45) is 17.8 Å². The molecule has 104 valence electrons. The fourth-order valence-electron chi connectivity index (χ4n) is 2.24. The Balaban J connectivity index is 2.72. The Bertz CT molecular complexity index is 332. The van der Waals surface area contributed by atoms with E-state index in [0.717, 1.165) is 0 Å². The van der Waals surface area contributed by atoms with Crippen molar-refractivity contribution in [1.29, 1.82) is 0 Å². The van der Waals surface area contributed by atoms with Crippen LogP contribution >= 0.6 is 0 Å². The van der Waals surface area contributed by atoms with Gasteiger partial charge in [0.15, 0.2) is 0 Å². The number of hydrogen-bond donors (Lipinski definition) is 1. The number of aliphatic carboxylic acids is 1. The molecule has 0 radical (unpaired) electrons. The zero-order valence-corrected chi connectivity index (χ0v) is 11.8. The molecule has 1 N–H and O–H groups in total. The lowest BCUT2D eigenvalue weighted by Gasteiger charge is -2.24. The fraction of sp³-hybridized carbons (Fsp3) is 0.846. The summed E-state index contributed by atoms with van der Waals surface area (Å²) in [7, 11) is 0. The van der Waals surface area contributed by atoms with Crippen LogP contribution in [-0.4, -0.2) is 40.8 Å². The first-order valence-electron chi connectivity index (χ1n) is 6.32. The number of carbonyl (C=O) groups excluding carboxylic acids is 1. The zero-order valence-electron chi connectivity index (χ0n) is 11.8. The molecule has 0 aromatic heterocycles. The number of carboxylic acids is 1. The largest absolute Gasteiger partial charge is 0.481 e. The van der Waals surface area contributed by atoms with Crippen LogP contribution in [0.15, 0.2) is 0 Å². The van der Waals surface area contributed by atoms with Crippen LogP contribution in [0.1, 0.15) is 34.6 Å². The van der Waals surface area contributed by atoms with Gasteiger partial charge >= 0.3 is 12.1 Å². The van der Waals surface area contributed by atoms with Crippen molar-refractivity contribution in [1.82, 2.24) is 4.90 Å². The Labute approximate surface area is 108 Å². The van der Waals surface area contributed by atoms with E-state index in [4.69, 9.17) is 4.74 Å². The molecule has 1 amide bonds. The second-order valence-corrected chi connectivity index (χ2v) is 6.24. The molecular weight excluding hydrogens is 234 g/mol. The van der Waals surface area contributed by atoms with Crippen LogP contribution in [0.5, 0.6) is 0 Å². The molecule has 1 rings (SSSR count). The molecule has 1 fully saturated rings. The summed E-state index contributed by atoms with van der Waals surface area (Å²) < 4.78 is 5.27. The predicted molar refractivity (Wildman–Crippen MR) is 67.3 cm³/mol. The number of carbonyl (C=O) groups is 2. The number of rotatable bonds is 2. The molecule has 0 aromatic carbocycles. The summed E-state index contributed by atoms with van der Waals surface area (Å²) in [5.41, 5.74) is -0.550. The van der Waals surface area contributed by atoms with Crippen LogP contribution < -0.4 is 0 Å². The highest BCUT2D eigenvalue weighted by molar-refractivity contribution is 5.74. The molecule has 0 bridgehead atoms. The number of likely N-dealkylation sites (tertiary alicyclic amines) is 1. The second-order valence-electron chi connectivity index (χ2n) is 6.24. The lowest BCUT2D eigenvalue weighted by Crippen LogP contribution is -2.36. The number of carboxylic acid groups (broad SMARTS) is 1. The molecule has 1 aliphatic heterocycles. The van der Waals surface area contributed by atoms with E-state index >= 15 is 0 Å². The third-order valence-corrected chi connectivity index (χ3v) is 3.19. The van der Waals surface area contributed by atoms with E-state index in [9.17, 15) is 14.7 Å². The molecule has 0 aromatic rings. The van der Waals surface area contributed by atoms with E-state index in [1.807, 2.05) is 13.8 Å². The minimum Gasteiger partial charge on any atom is -0.481 e. The second kappa shape index (κ2) is 5.16. The molecule has 1 heterocycles. The summed E-state index contributed by atoms with van der Waals surface area (Å²) in [5, 5.41) is 9.19. The number of amides is 1. The molecule has 5 heteroatoms. The van der Waals surface area contributed by atoms with Gasteiger partial charge in [0.25, 0.3) is 0 Å². The molecule has 1 saturated heterocycles. The fourth-order valence-corrected chi connectivity index (χ4v) is 2.24. The minimum atomic E-state index is -0.834. The van der Waals surface area contributed by atoms with Gasteiger partial charge in [-0.3, -0.25) is 4.79 Å². The monoisotopic (exact) mass is 257 g/mol. The van der Waals surface area contributed by atoms with E-state index in [2.05, 4.69) is 0 Å². The Kier molecular flexibility index (Phi) is 4.24. The SMILES string of the molecule is CC(C)C1CN(C(=O)OC(C)(C)C)CC1C(=O)O. The van der Waals surface area contributed by atoms with Crippen LogP contribution in [-0.2, 0) is 9.53 Å². The first kappa shape index (κ1) is 14.8. The topological polar surface area (TPSA) is 66.8 Å². The van der Waals surface area contributed by atoms with Crippen molar-refractivity contribution >= 4 is 12.1 Å². The summed E-state index contributed by atoms with van der Waals surface area (Å²) in [6, 6.07) is 0. The molecule has 0 saturated carbocycles. The number of hydrogen-bond acceptors (Lipinski definition) is 3. The summed E-state index contributed by atoms with van der Waals surface area (Å²) in [6.45, 7) is 10.1. The average Bonchev–Trinajstić information content (AvgIpc) is 2.58. The van der Waals surface area contributed by atoms with Gasteiger partial charge in [-0.05, 0) is 32.6 Å². The quantitative estimate of drug-likeness (QED) is 0.823. The van der Waals surface area contributed by atoms with Crippen molar-refractivity contribution in [3.63, 3.8) is 0 Å². The zero-order chi connectivity index (χ0) is 14.1. The summed E-state index contributed by atoms with van der Waals surface area (Å²) >= 11 is 0. The van der Waals surface area contributed by atoms with Crippen molar-refractivity contribution in [3.05, 3.63) is 0 Å². The van der Waals surface area contributed by atoms with Crippen molar-refractivity contribution in [2.45, 2.75) is 40.2 Å². The lowest BCUT2D eigenvalue weighted by molar-refractivity contribution is -0.142. The molecular formula is C13H23NO4. The molecule has 0 spiro atoms. The molecule has 2 unspecified atom stereocenters. The normalized spacial score (nSPS) is 24.4. The minimum absolute atomic E-state index is 0.00461. The van der Waals surface area contributed by atoms with Crippen molar-refractivity contribution < 1.29 is 19.4 Å². The van der Waals surface area contributed by atoms with E-state index in [0.29, 0.717) is 6.54 Å². The maximum atomic E-state index is 11.9. The standard InChI is InChI=1S/C13H23NO4/c1-8(2)9-6-14(7-10(9)11(15)16)12(17)18-13(3,4)5/h8-10H,6-7H2,1-5H3,(H,15,16). The summed E-state index contributed by atoms with van der Waals surface area (Å²) in [4.78, 5) is 24.6. The Morgan fingerprint density at radius 3 is 2.17 bits per heavy atom. The first-order chi connectivity index (χ1) is 8.11. The van der Waals surface area contributed by atoms with Gasteiger partial charge < -0.3 is 14.7 Å². The number of nitrogens with zero attached hydrogens (tertiary/aromatic N) is 1. The van der Waals surface area contributed by atoms with Gasteiger partial charge in [-0.2, -0.15) is 0 Å². The van der Waals surface area contributed by atoms with Gasteiger partial charge in [0.05, 0.1) is 5.92 Å². The molecule has 1 aliphatic rings. The Morgan fingerprint density at radius 2 is 1.83 bits per heavy atom. The first-order valence-corrected chi connectivity index (χ1v) is 6.32. The average molecular weight is 257 g/mol. The summed E-state index contributed by atoms with van der Waals surface area (Å²) in [6.07, 6.45) is -0.420. The predicted octanol–water partition coefficient (Wildman–Crippen LogP) is 2.21. The highest BCUT2D eigenvalue weighted by Gasteiger charge is 2.42. The van der Waals surface area contributed by atoms with Crippen LogP contribution in [0.3, 0.4) is 0 Å². The Morgan fingerprint density at radius 1 is 1.28 bits per heavy atom. The van der Waals surface area contributed by atoms with Crippen molar-refractivity contribution in [3.8, 4) is 0 Å². The summed E-state index contributed by atoms with van der Waals surface area (Å²) in [5.74, 6) is -1.09. The van der Waals surface area contributed by atoms with Crippen LogP contribution in [0, 0.1) is 17.8 Å². The van der Waals surface area contributed by atoms with Gasteiger partial charge in [0.2, 0.25) is 0 Å². The molecule has 5 nitrogen and oxygen atoms in total. The van der Waals surface area contributed by atoms with Crippen molar-refractivity contribution in [2.75, 3.05) is 13.1 Å². The Hall–Kier alpha value is -1.26. The van der Waals surface area contributed by atoms with Gasteiger partial charge in [0.1, 0.15) is 5.60 Å². The van der Waals surface area contributed by atoms with E-state index < -0.39 is 23.6 Å². The van der Waals surface area contributed by atoms with Gasteiger partial charge in [-0.15, -0.1) is 0 Å².